The molecule has 0 atom stereocenters. The van der Waals surface area contributed by atoms with E-state index >= 15 is 0 Å². The third-order valence-electron chi connectivity index (χ3n) is 4.24. The van der Waals surface area contributed by atoms with Gasteiger partial charge in [0.1, 0.15) is 12.4 Å². The van der Waals surface area contributed by atoms with Crippen LogP contribution in [0.5, 0.6) is 11.5 Å². The van der Waals surface area contributed by atoms with Gasteiger partial charge in [-0.15, -0.1) is 0 Å². The number of nitrogens with zero attached hydrogens (tertiary/aromatic N) is 1. The van der Waals surface area contributed by atoms with Crippen LogP contribution in [-0.2, 0) is 16.1 Å². The Labute approximate surface area is 177 Å². The van der Waals surface area contributed by atoms with Crippen molar-refractivity contribution in [2.45, 2.75) is 26.5 Å². The summed E-state index contributed by atoms with van der Waals surface area (Å²) < 4.78 is 21.1. The summed E-state index contributed by atoms with van der Waals surface area (Å²) in [5.74, 6) is 0.578. The van der Waals surface area contributed by atoms with Gasteiger partial charge in [-0.3, -0.25) is 14.5 Å². The highest BCUT2D eigenvalue weighted by Crippen LogP contribution is 2.35. The smallest absolute Gasteiger partial charge is 0.373 e. The molecule has 2 aromatic rings. The highest BCUT2D eigenvalue weighted by molar-refractivity contribution is 8.18. The van der Waals surface area contributed by atoms with Crippen LogP contribution < -0.4 is 9.47 Å². The van der Waals surface area contributed by atoms with Crippen LogP contribution in [0.15, 0.2) is 39.7 Å². The van der Waals surface area contributed by atoms with E-state index < -0.39 is 5.97 Å². The predicted molar refractivity (Wildman–Crippen MR) is 110 cm³/mol. The molecule has 0 N–H and O–H groups in total. The molecule has 1 saturated heterocycles. The number of hydrogen-bond acceptors (Lipinski definition) is 8. The zero-order valence-corrected chi connectivity index (χ0v) is 17.8. The topological polar surface area (TPSA) is 95.3 Å². The molecule has 2 heterocycles. The normalized spacial score (nSPS) is 15.2. The largest absolute Gasteiger partial charge is 0.493 e. The highest BCUT2D eigenvalue weighted by Gasteiger charge is 2.36. The van der Waals surface area contributed by atoms with Crippen LogP contribution in [0.25, 0.3) is 6.08 Å². The van der Waals surface area contributed by atoms with E-state index in [1.54, 1.807) is 44.2 Å². The summed E-state index contributed by atoms with van der Waals surface area (Å²) in [6.45, 7) is 3.67. The van der Waals surface area contributed by atoms with Gasteiger partial charge in [-0.1, -0.05) is 6.07 Å². The molecule has 158 valence electrons. The Hall–Kier alpha value is -3.20. The van der Waals surface area contributed by atoms with Gasteiger partial charge in [0.25, 0.3) is 11.1 Å². The van der Waals surface area contributed by atoms with Crippen LogP contribution >= 0.6 is 11.8 Å². The molecule has 0 saturated carbocycles. The molecule has 3 rings (SSSR count). The van der Waals surface area contributed by atoms with E-state index in [-0.39, 0.29) is 29.6 Å². The number of esters is 1. The minimum atomic E-state index is -0.565. The van der Waals surface area contributed by atoms with Crippen LogP contribution in [0.3, 0.4) is 0 Å². The first-order valence-corrected chi connectivity index (χ1v) is 9.90. The molecule has 1 aliphatic heterocycles. The van der Waals surface area contributed by atoms with Crippen molar-refractivity contribution in [2.75, 3.05) is 14.2 Å². The van der Waals surface area contributed by atoms with E-state index in [2.05, 4.69) is 4.74 Å². The predicted octanol–water partition coefficient (Wildman–Crippen LogP) is 4.10. The first-order chi connectivity index (χ1) is 14.3. The van der Waals surface area contributed by atoms with E-state index in [1.165, 1.54) is 25.2 Å². The van der Waals surface area contributed by atoms with E-state index in [0.29, 0.717) is 27.7 Å². The van der Waals surface area contributed by atoms with Crippen molar-refractivity contribution in [3.63, 3.8) is 0 Å². The lowest BCUT2D eigenvalue weighted by Crippen LogP contribution is -2.34. The molecular formula is C21H21NO7S. The lowest BCUT2D eigenvalue weighted by Gasteiger charge is -2.16. The molecule has 1 aromatic heterocycles. The number of benzene rings is 1. The SMILES string of the molecule is COC(=O)c1ccc(COc2ccc(/C=C3/SC(=O)N(C(C)C)C3=O)cc2OC)o1. The Morgan fingerprint density at radius 3 is 2.57 bits per heavy atom. The minimum absolute atomic E-state index is 0.0833. The Morgan fingerprint density at radius 1 is 1.17 bits per heavy atom. The van der Waals surface area contributed by atoms with Crippen molar-refractivity contribution in [3.05, 3.63) is 52.3 Å². The molecule has 0 unspecified atom stereocenters. The van der Waals surface area contributed by atoms with Gasteiger partial charge < -0.3 is 18.6 Å². The fourth-order valence-electron chi connectivity index (χ4n) is 2.78. The Balaban J connectivity index is 1.74. The van der Waals surface area contributed by atoms with Crippen molar-refractivity contribution >= 4 is 35.0 Å². The number of amides is 2. The highest BCUT2D eigenvalue weighted by atomic mass is 32.2. The standard InChI is InChI=1S/C21H21NO7S/c1-12(2)22-19(23)18(30-21(22)25)10-13-5-7-15(17(9-13)26-3)28-11-14-6-8-16(29-14)20(24)27-4/h5-10,12H,11H2,1-4H3/b18-10+. The number of carbonyl (C=O) groups excluding carboxylic acids is 3. The van der Waals surface area contributed by atoms with Crippen LogP contribution in [-0.4, -0.2) is 42.3 Å². The van der Waals surface area contributed by atoms with E-state index in [0.717, 1.165) is 11.8 Å². The maximum atomic E-state index is 12.4. The summed E-state index contributed by atoms with van der Waals surface area (Å²) in [5.41, 5.74) is 0.694. The average Bonchev–Trinajstić information content (AvgIpc) is 3.30. The maximum Gasteiger partial charge on any atom is 0.373 e. The van der Waals surface area contributed by atoms with Gasteiger partial charge >= 0.3 is 5.97 Å². The molecule has 30 heavy (non-hydrogen) atoms. The monoisotopic (exact) mass is 431 g/mol. The number of thioether (sulfide) groups is 1. The molecular weight excluding hydrogens is 410 g/mol. The summed E-state index contributed by atoms with van der Waals surface area (Å²) in [6, 6.07) is 8.09. The van der Waals surface area contributed by atoms with Crippen LogP contribution in [0.2, 0.25) is 0 Å². The van der Waals surface area contributed by atoms with Crippen LogP contribution in [0, 0.1) is 0 Å². The third kappa shape index (κ3) is 4.51. The summed E-state index contributed by atoms with van der Waals surface area (Å²) >= 11 is 0.913. The Bertz CT molecular complexity index is 1010. The minimum Gasteiger partial charge on any atom is -0.493 e. The first kappa shape index (κ1) is 21.5. The fraction of sp³-hybridized carbons (Fsp3) is 0.286. The lowest BCUT2D eigenvalue weighted by molar-refractivity contribution is -0.123. The van der Waals surface area contributed by atoms with Crippen molar-refractivity contribution in [3.8, 4) is 11.5 Å². The summed E-state index contributed by atoms with van der Waals surface area (Å²) in [4.78, 5) is 37.5. The maximum absolute atomic E-state index is 12.4. The molecule has 0 bridgehead atoms. The average molecular weight is 431 g/mol. The summed E-state index contributed by atoms with van der Waals surface area (Å²) in [7, 11) is 2.78. The van der Waals surface area contributed by atoms with Gasteiger partial charge in [-0.2, -0.15) is 0 Å². The summed E-state index contributed by atoms with van der Waals surface area (Å²) in [6.07, 6.45) is 1.65. The first-order valence-electron chi connectivity index (χ1n) is 9.09. The van der Waals surface area contributed by atoms with Crippen LogP contribution in [0.1, 0.15) is 35.7 Å². The molecule has 0 aliphatic carbocycles. The van der Waals surface area contributed by atoms with Crippen molar-refractivity contribution in [1.29, 1.82) is 0 Å². The number of methoxy groups -OCH3 is 2. The van der Waals surface area contributed by atoms with Crippen molar-refractivity contribution in [1.82, 2.24) is 4.90 Å². The van der Waals surface area contributed by atoms with E-state index in [1.807, 2.05) is 0 Å². The zero-order chi connectivity index (χ0) is 21.8. The molecule has 0 radical (unpaired) electrons. The Morgan fingerprint density at radius 2 is 1.93 bits per heavy atom. The quantitative estimate of drug-likeness (QED) is 0.478. The van der Waals surface area contributed by atoms with E-state index in [9.17, 15) is 14.4 Å². The van der Waals surface area contributed by atoms with Gasteiger partial charge in [0, 0.05) is 6.04 Å². The molecule has 1 aliphatic rings. The number of furan rings is 1. The number of carbonyl (C=O) groups is 3. The second kappa shape index (κ2) is 9.08. The lowest BCUT2D eigenvalue weighted by atomic mass is 10.1. The third-order valence-corrected chi connectivity index (χ3v) is 5.13. The molecule has 1 fully saturated rings. The zero-order valence-electron chi connectivity index (χ0n) is 17.0. The fourth-order valence-corrected chi connectivity index (χ4v) is 3.75. The van der Waals surface area contributed by atoms with Gasteiger partial charge in [0.15, 0.2) is 11.5 Å². The molecule has 2 amide bonds. The second-order valence-electron chi connectivity index (χ2n) is 6.60. The molecule has 0 spiro atoms. The van der Waals surface area contributed by atoms with Crippen molar-refractivity contribution < 1.29 is 33.0 Å². The number of imide groups is 1. The van der Waals surface area contributed by atoms with Gasteiger partial charge in [-0.05, 0) is 61.5 Å². The van der Waals surface area contributed by atoms with Crippen molar-refractivity contribution in [2.24, 2.45) is 0 Å². The molecule has 1 aromatic carbocycles. The van der Waals surface area contributed by atoms with E-state index in [4.69, 9.17) is 13.9 Å². The molecule has 8 nitrogen and oxygen atoms in total. The number of ether oxygens (including phenoxy) is 3. The number of hydrogen-bond donors (Lipinski definition) is 0. The molecule has 9 heteroatoms. The van der Waals surface area contributed by atoms with Gasteiger partial charge in [0.2, 0.25) is 5.76 Å². The Kier molecular flexibility index (Phi) is 6.51. The van der Waals surface area contributed by atoms with Gasteiger partial charge in [-0.25, -0.2) is 4.79 Å². The summed E-state index contributed by atoms with van der Waals surface area (Å²) in [5, 5.41) is -0.280. The number of rotatable bonds is 7. The second-order valence-corrected chi connectivity index (χ2v) is 7.60. The van der Waals surface area contributed by atoms with Gasteiger partial charge in [0.05, 0.1) is 19.1 Å². The van der Waals surface area contributed by atoms with Crippen LogP contribution in [0.4, 0.5) is 4.79 Å².